The van der Waals surface area contributed by atoms with Gasteiger partial charge in [-0.05, 0) is 38.0 Å². The first-order chi connectivity index (χ1) is 13.9. The Morgan fingerprint density at radius 3 is 2.93 bits per heavy atom. The molecule has 9 heteroatoms. The molecule has 7 nitrogen and oxygen atoms in total. The van der Waals surface area contributed by atoms with Crippen molar-refractivity contribution < 1.29 is 4.74 Å². The second-order valence-electron chi connectivity index (χ2n) is 6.79. The Morgan fingerprint density at radius 2 is 2.10 bits per heavy atom. The summed E-state index contributed by atoms with van der Waals surface area (Å²) in [5.74, 6) is 2.14. The second kappa shape index (κ2) is 8.00. The van der Waals surface area contributed by atoms with E-state index in [1.807, 2.05) is 36.1 Å². The van der Waals surface area contributed by atoms with Crippen molar-refractivity contribution >= 4 is 28.1 Å². The van der Waals surface area contributed by atoms with Crippen LogP contribution >= 0.6 is 23.1 Å². The largest absolute Gasteiger partial charge is 0.482 e. The van der Waals surface area contributed by atoms with Gasteiger partial charge in [0.1, 0.15) is 5.75 Å². The number of thioether (sulfide) groups is 1. The highest BCUT2D eigenvalue weighted by molar-refractivity contribution is 7.98. The van der Waals surface area contributed by atoms with E-state index in [1.54, 1.807) is 16.7 Å². The minimum absolute atomic E-state index is 0.0685. The lowest BCUT2D eigenvalue weighted by Crippen LogP contribution is -2.12. The maximum atomic E-state index is 12.1. The zero-order chi connectivity index (χ0) is 20.5. The van der Waals surface area contributed by atoms with Gasteiger partial charge in [-0.25, -0.2) is 4.98 Å². The van der Waals surface area contributed by atoms with Gasteiger partial charge in [0.05, 0.1) is 5.69 Å². The van der Waals surface area contributed by atoms with Crippen LogP contribution in [0.15, 0.2) is 45.8 Å². The molecular weight excluding hydrogens is 406 g/mol. The third-order valence-corrected chi connectivity index (χ3v) is 6.61. The number of nitrogens with zero attached hydrogens (tertiary/aromatic N) is 5. The van der Waals surface area contributed by atoms with E-state index in [2.05, 4.69) is 35.1 Å². The molecule has 150 valence electrons. The van der Waals surface area contributed by atoms with Crippen molar-refractivity contribution in [1.82, 2.24) is 24.1 Å². The van der Waals surface area contributed by atoms with Crippen molar-refractivity contribution in [3.8, 4) is 5.75 Å². The zero-order valence-electron chi connectivity index (χ0n) is 16.6. The van der Waals surface area contributed by atoms with Gasteiger partial charge in [0.25, 0.3) is 5.56 Å². The Morgan fingerprint density at radius 1 is 1.28 bits per heavy atom. The first-order valence-corrected chi connectivity index (χ1v) is 11.0. The van der Waals surface area contributed by atoms with E-state index in [9.17, 15) is 4.79 Å². The summed E-state index contributed by atoms with van der Waals surface area (Å²) in [6.45, 7) is 6.08. The first kappa shape index (κ1) is 19.7. The fourth-order valence-corrected chi connectivity index (χ4v) is 4.55. The van der Waals surface area contributed by atoms with Gasteiger partial charge in [0.2, 0.25) is 0 Å². The predicted octanol–water partition coefficient (Wildman–Crippen LogP) is 3.93. The molecule has 1 unspecified atom stereocenters. The molecule has 0 saturated carbocycles. The summed E-state index contributed by atoms with van der Waals surface area (Å²) in [5.41, 5.74) is 2.97. The second-order valence-corrected chi connectivity index (χ2v) is 8.60. The van der Waals surface area contributed by atoms with Crippen LogP contribution in [0.5, 0.6) is 5.75 Å². The van der Waals surface area contributed by atoms with Gasteiger partial charge in [-0.2, -0.15) is 0 Å². The molecule has 0 fully saturated rings. The van der Waals surface area contributed by atoms with Gasteiger partial charge in [-0.3, -0.25) is 9.20 Å². The molecule has 29 heavy (non-hydrogen) atoms. The molecule has 0 radical (unpaired) electrons. The molecule has 0 saturated heterocycles. The number of fused-ring (bicyclic) bond motifs is 1. The molecular formula is C20H21N5O2S2. The Balaban J connectivity index is 1.49. The van der Waals surface area contributed by atoms with Crippen LogP contribution in [0.3, 0.4) is 0 Å². The fourth-order valence-electron chi connectivity index (χ4n) is 3.00. The van der Waals surface area contributed by atoms with Gasteiger partial charge < -0.3 is 9.30 Å². The van der Waals surface area contributed by atoms with E-state index < -0.39 is 0 Å². The maximum absolute atomic E-state index is 12.1. The Kier molecular flexibility index (Phi) is 5.42. The van der Waals surface area contributed by atoms with Gasteiger partial charge in [-0.1, -0.05) is 23.9 Å². The minimum Gasteiger partial charge on any atom is -0.482 e. The number of aryl methyl sites for hydroxylation is 1. The summed E-state index contributed by atoms with van der Waals surface area (Å²) in [6.07, 6.45) is 1.49. The van der Waals surface area contributed by atoms with Crippen LogP contribution in [-0.4, -0.2) is 24.1 Å². The SMILES string of the molecule is Cc1cccc(OC(C)c2nnc(SCc3cc(=O)n4ccsc4n3)n2C)c1C. The molecule has 0 bridgehead atoms. The Labute approximate surface area is 176 Å². The highest BCUT2D eigenvalue weighted by atomic mass is 32.2. The average Bonchev–Trinajstić information content (AvgIpc) is 3.31. The van der Waals surface area contributed by atoms with Crippen molar-refractivity contribution in [2.45, 2.75) is 37.8 Å². The molecule has 3 heterocycles. The molecule has 0 aliphatic heterocycles. The lowest BCUT2D eigenvalue weighted by Gasteiger charge is -2.16. The van der Waals surface area contributed by atoms with E-state index in [-0.39, 0.29) is 11.7 Å². The summed E-state index contributed by atoms with van der Waals surface area (Å²) in [4.78, 5) is 17.4. The smallest absolute Gasteiger partial charge is 0.258 e. The molecule has 0 amide bonds. The van der Waals surface area contributed by atoms with Crippen LogP contribution in [0, 0.1) is 13.8 Å². The topological polar surface area (TPSA) is 74.3 Å². The number of rotatable bonds is 6. The van der Waals surface area contributed by atoms with E-state index in [1.165, 1.54) is 28.7 Å². The van der Waals surface area contributed by atoms with E-state index in [0.717, 1.165) is 28.0 Å². The fraction of sp³-hybridized carbons (Fsp3) is 0.300. The summed E-state index contributed by atoms with van der Waals surface area (Å²) >= 11 is 2.94. The summed E-state index contributed by atoms with van der Waals surface area (Å²) in [5, 5.41) is 11.2. The number of hydrogen-bond acceptors (Lipinski definition) is 7. The quantitative estimate of drug-likeness (QED) is 0.434. The summed E-state index contributed by atoms with van der Waals surface area (Å²) in [6, 6.07) is 7.59. The molecule has 1 aromatic carbocycles. The van der Waals surface area contributed by atoms with Gasteiger partial charge in [-0.15, -0.1) is 21.5 Å². The Bertz CT molecular complexity index is 1230. The molecule has 3 aromatic heterocycles. The molecule has 0 aliphatic rings. The van der Waals surface area contributed by atoms with Crippen LogP contribution in [0.1, 0.15) is 35.7 Å². The molecule has 0 aliphatic carbocycles. The molecule has 4 aromatic rings. The van der Waals surface area contributed by atoms with Crippen LogP contribution in [0.4, 0.5) is 0 Å². The van der Waals surface area contributed by atoms with Gasteiger partial charge in [0, 0.05) is 30.4 Å². The number of hydrogen-bond donors (Lipinski definition) is 0. The molecule has 1 atom stereocenters. The highest BCUT2D eigenvalue weighted by Gasteiger charge is 2.18. The van der Waals surface area contributed by atoms with Crippen LogP contribution in [0.2, 0.25) is 0 Å². The third kappa shape index (κ3) is 3.92. The number of thiazole rings is 1. The average molecular weight is 428 g/mol. The van der Waals surface area contributed by atoms with Crippen molar-refractivity contribution in [3.05, 3.63) is 68.8 Å². The monoisotopic (exact) mass is 427 g/mol. The van der Waals surface area contributed by atoms with Crippen molar-refractivity contribution in [2.24, 2.45) is 7.05 Å². The summed E-state index contributed by atoms with van der Waals surface area (Å²) < 4.78 is 9.61. The van der Waals surface area contributed by atoms with Crippen molar-refractivity contribution in [1.29, 1.82) is 0 Å². The van der Waals surface area contributed by atoms with E-state index in [0.29, 0.717) is 10.7 Å². The molecule has 0 spiro atoms. The van der Waals surface area contributed by atoms with Crippen LogP contribution in [0.25, 0.3) is 4.96 Å². The lowest BCUT2D eigenvalue weighted by atomic mass is 10.1. The lowest BCUT2D eigenvalue weighted by molar-refractivity contribution is 0.210. The van der Waals surface area contributed by atoms with E-state index >= 15 is 0 Å². The van der Waals surface area contributed by atoms with Gasteiger partial charge >= 0.3 is 0 Å². The predicted molar refractivity (Wildman–Crippen MR) is 115 cm³/mol. The van der Waals surface area contributed by atoms with Gasteiger partial charge in [0.15, 0.2) is 22.0 Å². The van der Waals surface area contributed by atoms with Crippen molar-refractivity contribution in [2.75, 3.05) is 0 Å². The standard InChI is InChI=1S/C20H21N5O2S2/c1-12-6-5-7-16(13(12)2)27-14(3)18-22-23-20(24(18)4)29-11-15-10-17(26)25-8-9-28-19(25)21-15/h5-10,14H,11H2,1-4H3. The molecule has 4 rings (SSSR count). The van der Waals surface area contributed by atoms with Crippen molar-refractivity contribution in [3.63, 3.8) is 0 Å². The molecule has 0 N–H and O–H groups in total. The number of benzene rings is 1. The first-order valence-electron chi connectivity index (χ1n) is 9.15. The maximum Gasteiger partial charge on any atom is 0.258 e. The highest BCUT2D eigenvalue weighted by Crippen LogP contribution is 2.28. The summed E-state index contributed by atoms with van der Waals surface area (Å²) in [7, 11) is 1.92. The Hall–Kier alpha value is -2.65. The number of aromatic nitrogens is 5. The van der Waals surface area contributed by atoms with Crippen LogP contribution < -0.4 is 10.3 Å². The van der Waals surface area contributed by atoms with Crippen LogP contribution in [-0.2, 0) is 12.8 Å². The minimum atomic E-state index is -0.243. The van der Waals surface area contributed by atoms with E-state index in [4.69, 9.17) is 4.74 Å². The number of ether oxygens (including phenoxy) is 1. The third-order valence-electron chi connectivity index (χ3n) is 4.80. The normalized spacial score (nSPS) is 12.4. The zero-order valence-corrected chi connectivity index (χ0v) is 18.3.